The monoisotopic (exact) mass is 301 g/mol. The second kappa shape index (κ2) is 6.01. The van der Waals surface area contributed by atoms with E-state index in [2.05, 4.69) is 9.88 Å². The van der Waals surface area contributed by atoms with Crippen LogP contribution in [0.15, 0.2) is 42.7 Å². The fraction of sp³-hybridized carbons (Fsp3) is 0.250. The summed E-state index contributed by atoms with van der Waals surface area (Å²) in [6.45, 7) is 2.52. The number of carbonyl (C=O) groups excluding carboxylic acids is 1. The highest BCUT2D eigenvalue weighted by molar-refractivity contribution is 5.94. The van der Waals surface area contributed by atoms with Gasteiger partial charge in [-0.15, -0.1) is 0 Å². The molecule has 0 spiro atoms. The Hall–Kier alpha value is -2.63. The molecule has 5 nitrogen and oxygen atoms in total. The third-order valence-electron chi connectivity index (χ3n) is 3.73. The van der Waals surface area contributed by atoms with E-state index in [9.17, 15) is 14.3 Å². The zero-order valence-electron chi connectivity index (χ0n) is 11.9. The standard InChI is InChI=1S/C16H16FN3O2/c17-13-1-3-14(4-2-13)19-5-7-20(8-6-19)16(22)12-9-15(21)11-18-10-12/h1-4,9-11,21H,5-8H2. The molecule has 6 heteroatoms. The lowest BCUT2D eigenvalue weighted by atomic mass is 10.2. The Balaban J connectivity index is 1.64. The van der Waals surface area contributed by atoms with Gasteiger partial charge in [-0.2, -0.15) is 0 Å². The summed E-state index contributed by atoms with van der Waals surface area (Å²) in [6.07, 6.45) is 2.75. The smallest absolute Gasteiger partial charge is 0.255 e. The van der Waals surface area contributed by atoms with E-state index in [1.54, 1.807) is 17.0 Å². The van der Waals surface area contributed by atoms with Crippen molar-refractivity contribution in [2.24, 2.45) is 0 Å². The Kier molecular flexibility index (Phi) is 3.91. The highest BCUT2D eigenvalue weighted by Gasteiger charge is 2.22. The van der Waals surface area contributed by atoms with Crippen LogP contribution in [0.2, 0.25) is 0 Å². The third-order valence-corrected chi connectivity index (χ3v) is 3.73. The number of aromatic hydroxyl groups is 1. The maximum absolute atomic E-state index is 12.9. The molecule has 0 saturated carbocycles. The summed E-state index contributed by atoms with van der Waals surface area (Å²) in [5, 5.41) is 9.40. The molecule has 1 aliphatic rings. The molecule has 0 atom stereocenters. The van der Waals surface area contributed by atoms with E-state index in [0.29, 0.717) is 31.7 Å². The first-order valence-corrected chi connectivity index (χ1v) is 7.07. The number of piperazine rings is 1. The van der Waals surface area contributed by atoms with Crippen LogP contribution in [-0.4, -0.2) is 47.1 Å². The van der Waals surface area contributed by atoms with Crippen molar-refractivity contribution in [2.45, 2.75) is 0 Å². The Bertz CT molecular complexity index is 667. The summed E-state index contributed by atoms with van der Waals surface area (Å²) in [5.74, 6) is -0.410. The summed E-state index contributed by atoms with van der Waals surface area (Å²) in [4.78, 5) is 20.0. The fourth-order valence-corrected chi connectivity index (χ4v) is 2.55. The maximum atomic E-state index is 12.9. The molecule has 22 heavy (non-hydrogen) atoms. The van der Waals surface area contributed by atoms with Gasteiger partial charge >= 0.3 is 0 Å². The van der Waals surface area contributed by atoms with Crippen LogP contribution in [-0.2, 0) is 0 Å². The van der Waals surface area contributed by atoms with Gasteiger partial charge in [-0.3, -0.25) is 9.78 Å². The molecule has 0 bridgehead atoms. The quantitative estimate of drug-likeness (QED) is 0.920. The first-order chi connectivity index (χ1) is 10.6. The van der Waals surface area contributed by atoms with E-state index in [0.717, 1.165) is 5.69 Å². The highest BCUT2D eigenvalue weighted by atomic mass is 19.1. The molecule has 1 amide bonds. The second-order valence-corrected chi connectivity index (χ2v) is 5.19. The number of hydrogen-bond acceptors (Lipinski definition) is 4. The molecule has 2 heterocycles. The van der Waals surface area contributed by atoms with Crippen molar-refractivity contribution in [1.29, 1.82) is 0 Å². The average Bonchev–Trinajstić information content (AvgIpc) is 2.55. The molecule has 1 saturated heterocycles. The molecule has 0 radical (unpaired) electrons. The number of amides is 1. The molecule has 1 N–H and O–H groups in total. The predicted molar refractivity (Wildman–Crippen MR) is 80.4 cm³/mol. The number of benzene rings is 1. The molecule has 1 aliphatic heterocycles. The summed E-state index contributed by atoms with van der Waals surface area (Å²) in [7, 11) is 0. The summed E-state index contributed by atoms with van der Waals surface area (Å²) in [5.41, 5.74) is 1.34. The van der Waals surface area contributed by atoms with Gasteiger partial charge in [0.15, 0.2) is 0 Å². The van der Waals surface area contributed by atoms with E-state index >= 15 is 0 Å². The summed E-state index contributed by atoms with van der Waals surface area (Å²) >= 11 is 0. The van der Waals surface area contributed by atoms with Gasteiger partial charge in [-0.1, -0.05) is 0 Å². The normalized spacial score (nSPS) is 15.0. The third kappa shape index (κ3) is 3.00. The van der Waals surface area contributed by atoms with Gasteiger partial charge in [0.05, 0.1) is 11.8 Å². The molecule has 0 aliphatic carbocycles. The van der Waals surface area contributed by atoms with Crippen molar-refractivity contribution < 1.29 is 14.3 Å². The van der Waals surface area contributed by atoms with Crippen LogP contribution < -0.4 is 4.90 Å². The number of nitrogens with zero attached hydrogens (tertiary/aromatic N) is 3. The topological polar surface area (TPSA) is 56.7 Å². The molecule has 0 unspecified atom stereocenters. The highest BCUT2D eigenvalue weighted by Crippen LogP contribution is 2.18. The van der Waals surface area contributed by atoms with E-state index in [1.165, 1.54) is 30.6 Å². The lowest BCUT2D eigenvalue weighted by molar-refractivity contribution is 0.0746. The number of carbonyl (C=O) groups is 1. The average molecular weight is 301 g/mol. The van der Waals surface area contributed by atoms with Crippen LogP contribution in [0.3, 0.4) is 0 Å². The van der Waals surface area contributed by atoms with Crippen molar-refractivity contribution in [1.82, 2.24) is 9.88 Å². The van der Waals surface area contributed by atoms with E-state index in [-0.39, 0.29) is 17.5 Å². The number of halogens is 1. The van der Waals surface area contributed by atoms with Crippen LogP contribution in [0, 0.1) is 5.82 Å². The largest absolute Gasteiger partial charge is 0.506 e. The minimum absolute atomic E-state index is 0.0178. The van der Waals surface area contributed by atoms with Crippen LogP contribution in [0.4, 0.5) is 10.1 Å². The molecule has 2 aromatic rings. The molecule has 1 aromatic carbocycles. The van der Waals surface area contributed by atoms with E-state index in [1.807, 2.05) is 0 Å². The maximum Gasteiger partial charge on any atom is 0.255 e. The first kappa shape index (κ1) is 14.3. The molecule has 3 rings (SSSR count). The van der Waals surface area contributed by atoms with Crippen LogP contribution in [0.25, 0.3) is 0 Å². The molecular weight excluding hydrogens is 285 g/mol. The van der Waals surface area contributed by atoms with Gasteiger partial charge < -0.3 is 14.9 Å². The second-order valence-electron chi connectivity index (χ2n) is 5.19. The summed E-state index contributed by atoms with van der Waals surface area (Å²) < 4.78 is 12.9. The van der Waals surface area contributed by atoms with Crippen molar-refractivity contribution >= 4 is 11.6 Å². The van der Waals surface area contributed by atoms with E-state index in [4.69, 9.17) is 0 Å². The SMILES string of the molecule is O=C(c1cncc(O)c1)N1CCN(c2ccc(F)cc2)CC1. The number of aromatic nitrogens is 1. The van der Waals surface area contributed by atoms with Gasteiger partial charge in [0.25, 0.3) is 5.91 Å². The van der Waals surface area contributed by atoms with Gasteiger partial charge in [-0.25, -0.2) is 4.39 Å². The Morgan fingerprint density at radius 3 is 2.41 bits per heavy atom. The van der Waals surface area contributed by atoms with Crippen molar-refractivity contribution in [3.63, 3.8) is 0 Å². The zero-order chi connectivity index (χ0) is 15.5. The zero-order valence-corrected chi connectivity index (χ0v) is 11.9. The Morgan fingerprint density at radius 1 is 1.09 bits per heavy atom. The van der Waals surface area contributed by atoms with E-state index < -0.39 is 0 Å². The van der Waals surface area contributed by atoms with Gasteiger partial charge in [0, 0.05) is 38.1 Å². The number of rotatable bonds is 2. The lowest BCUT2D eigenvalue weighted by Gasteiger charge is -2.36. The van der Waals surface area contributed by atoms with Gasteiger partial charge in [0.2, 0.25) is 0 Å². The first-order valence-electron chi connectivity index (χ1n) is 7.07. The van der Waals surface area contributed by atoms with Gasteiger partial charge in [0.1, 0.15) is 11.6 Å². The van der Waals surface area contributed by atoms with Crippen molar-refractivity contribution in [3.05, 3.63) is 54.1 Å². The number of pyridine rings is 1. The van der Waals surface area contributed by atoms with Gasteiger partial charge in [-0.05, 0) is 30.3 Å². The number of anilines is 1. The van der Waals surface area contributed by atoms with Crippen molar-refractivity contribution in [3.8, 4) is 5.75 Å². The Labute approximate surface area is 127 Å². The Morgan fingerprint density at radius 2 is 1.77 bits per heavy atom. The van der Waals surface area contributed by atoms with Crippen LogP contribution in [0.1, 0.15) is 10.4 Å². The number of hydrogen-bond donors (Lipinski definition) is 1. The lowest BCUT2D eigenvalue weighted by Crippen LogP contribution is -2.48. The predicted octanol–water partition coefficient (Wildman–Crippen LogP) is 1.89. The molecule has 1 fully saturated rings. The fourth-order valence-electron chi connectivity index (χ4n) is 2.55. The van der Waals surface area contributed by atoms with Crippen LogP contribution in [0.5, 0.6) is 5.75 Å². The minimum Gasteiger partial charge on any atom is -0.506 e. The summed E-state index contributed by atoms with van der Waals surface area (Å²) in [6, 6.07) is 7.77. The molecular formula is C16H16FN3O2. The minimum atomic E-state index is -0.256. The van der Waals surface area contributed by atoms with Crippen LogP contribution >= 0.6 is 0 Å². The molecule has 1 aromatic heterocycles. The van der Waals surface area contributed by atoms with Crippen molar-refractivity contribution in [2.75, 3.05) is 31.1 Å². The molecule has 114 valence electrons.